The molecule has 0 rings (SSSR count). The highest BCUT2D eigenvalue weighted by atomic mass is 16.6. The van der Waals surface area contributed by atoms with Gasteiger partial charge < -0.3 is 15.0 Å². The van der Waals surface area contributed by atoms with Crippen molar-refractivity contribution < 1.29 is 9.53 Å². The van der Waals surface area contributed by atoms with E-state index in [9.17, 15) is 4.79 Å². The molecule has 0 bridgehead atoms. The lowest BCUT2D eigenvalue weighted by Crippen LogP contribution is -2.43. The molecule has 84 valence electrons. The maximum Gasteiger partial charge on any atom is 0.409 e. The lowest BCUT2D eigenvalue weighted by Gasteiger charge is -2.30. The standard InChI is InChI=1S/C10H22N2O2/c1-10(2,3)12(5)9(13)14-8-6-7-11-4/h11H,6-8H2,1-5H3. The van der Waals surface area contributed by atoms with Gasteiger partial charge in [0.2, 0.25) is 0 Å². The van der Waals surface area contributed by atoms with E-state index in [1.807, 2.05) is 27.8 Å². The van der Waals surface area contributed by atoms with Crippen LogP contribution in [0.4, 0.5) is 4.79 Å². The zero-order valence-corrected chi connectivity index (χ0v) is 9.89. The summed E-state index contributed by atoms with van der Waals surface area (Å²) in [6, 6.07) is 0. The van der Waals surface area contributed by atoms with E-state index in [2.05, 4.69) is 5.32 Å². The highest BCUT2D eigenvalue weighted by Gasteiger charge is 2.23. The van der Waals surface area contributed by atoms with Gasteiger partial charge in [-0.15, -0.1) is 0 Å². The van der Waals surface area contributed by atoms with E-state index in [1.54, 1.807) is 11.9 Å². The molecule has 0 saturated heterocycles. The minimum atomic E-state index is -0.256. The molecule has 1 N–H and O–H groups in total. The molecule has 0 atom stereocenters. The minimum Gasteiger partial charge on any atom is -0.449 e. The van der Waals surface area contributed by atoms with Gasteiger partial charge in [0.05, 0.1) is 6.61 Å². The first-order valence-electron chi connectivity index (χ1n) is 4.94. The molecule has 1 amide bonds. The van der Waals surface area contributed by atoms with Crippen LogP contribution < -0.4 is 5.32 Å². The molecule has 0 aliphatic carbocycles. The Labute approximate surface area is 86.6 Å². The predicted octanol–water partition coefficient (Wildman–Crippen LogP) is 1.46. The molecule has 0 aliphatic heterocycles. The van der Waals surface area contributed by atoms with E-state index in [0.29, 0.717) is 6.61 Å². The van der Waals surface area contributed by atoms with Crippen LogP contribution in [-0.4, -0.2) is 43.8 Å². The quantitative estimate of drug-likeness (QED) is 0.702. The predicted molar refractivity (Wildman–Crippen MR) is 57.4 cm³/mol. The molecule has 0 aliphatic rings. The minimum absolute atomic E-state index is 0.180. The van der Waals surface area contributed by atoms with Crippen molar-refractivity contribution >= 4 is 6.09 Å². The lowest BCUT2D eigenvalue weighted by atomic mass is 10.1. The number of carbonyl (C=O) groups is 1. The molecular formula is C10H22N2O2. The van der Waals surface area contributed by atoms with Gasteiger partial charge in [0, 0.05) is 12.6 Å². The van der Waals surface area contributed by atoms with Gasteiger partial charge in [0.1, 0.15) is 0 Å². The Balaban J connectivity index is 3.74. The molecule has 14 heavy (non-hydrogen) atoms. The van der Waals surface area contributed by atoms with Crippen LogP contribution in [0.3, 0.4) is 0 Å². The maximum absolute atomic E-state index is 11.4. The summed E-state index contributed by atoms with van der Waals surface area (Å²) in [4.78, 5) is 13.0. The van der Waals surface area contributed by atoms with E-state index in [4.69, 9.17) is 4.74 Å². The van der Waals surface area contributed by atoms with Gasteiger partial charge in [-0.25, -0.2) is 4.79 Å². The zero-order chi connectivity index (χ0) is 11.2. The molecule has 0 radical (unpaired) electrons. The average Bonchev–Trinajstić information content (AvgIpc) is 2.09. The Kier molecular flexibility index (Phi) is 5.53. The van der Waals surface area contributed by atoms with Crippen molar-refractivity contribution in [2.45, 2.75) is 32.7 Å². The summed E-state index contributed by atoms with van der Waals surface area (Å²) in [7, 11) is 3.63. The molecule has 0 aromatic carbocycles. The maximum atomic E-state index is 11.4. The van der Waals surface area contributed by atoms with Gasteiger partial charge in [0.15, 0.2) is 0 Å². The normalized spacial score (nSPS) is 11.2. The fourth-order valence-electron chi connectivity index (χ4n) is 0.779. The van der Waals surface area contributed by atoms with Crippen molar-refractivity contribution in [2.24, 2.45) is 0 Å². The summed E-state index contributed by atoms with van der Waals surface area (Å²) in [6.45, 7) is 7.26. The van der Waals surface area contributed by atoms with Crippen molar-refractivity contribution in [3.63, 3.8) is 0 Å². The number of nitrogens with one attached hydrogen (secondary N) is 1. The zero-order valence-electron chi connectivity index (χ0n) is 9.89. The van der Waals surface area contributed by atoms with E-state index < -0.39 is 0 Å². The largest absolute Gasteiger partial charge is 0.449 e. The molecule has 0 aromatic heterocycles. The Hall–Kier alpha value is -0.770. The number of hydrogen-bond donors (Lipinski definition) is 1. The molecule has 0 aromatic rings. The van der Waals surface area contributed by atoms with Crippen LogP contribution in [0.15, 0.2) is 0 Å². The molecule has 0 spiro atoms. The van der Waals surface area contributed by atoms with Gasteiger partial charge in [-0.2, -0.15) is 0 Å². The van der Waals surface area contributed by atoms with Crippen molar-refractivity contribution in [2.75, 3.05) is 27.2 Å². The van der Waals surface area contributed by atoms with Crippen molar-refractivity contribution in [1.29, 1.82) is 0 Å². The molecule has 0 fully saturated rings. The first-order valence-corrected chi connectivity index (χ1v) is 4.94. The summed E-state index contributed by atoms with van der Waals surface area (Å²) in [6.07, 6.45) is 0.592. The summed E-state index contributed by atoms with van der Waals surface area (Å²) >= 11 is 0. The first kappa shape index (κ1) is 13.2. The number of nitrogens with zero attached hydrogens (tertiary/aromatic N) is 1. The third-order valence-electron chi connectivity index (χ3n) is 2.08. The van der Waals surface area contributed by atoms with Crippen LogP contribution >= 0.6 is 0 Å². The third-order valence-corrected chi connectivity index (χ3v) is 2.08. The molecule has 4 nitrogen and oxygen atoms in total. The second-order valence-corrected chi connectivity index (χ2v) is 4.30. The van der Waals surface area contributed by atoms with Crippen LogP contribution in [-0.2, 0) is 4.74 Å². The number of carbonyl (C=O) groups excluding carboxylic acids is 1. The van der Waals surface area contributed by atoms with Crippen LogP contribution in [0.1, 0.15) is 27.2 Å². The Morgan fingerprint density at radius 1 is 1.43 bits per heavy atom. The summed E-state index contributed by atoms with van der Waals surface area (Å²) in [5.74, 6) is 0. The lowest BCUT2D eigenvalue weighted by molar-refractivity contribution is 0.0806. The monoisotopic (exact) mass is 202 g/mol. The van der Waals surface area contributed by atoms with E-state index >= 15 is 0 Å². The van der Waals surface area contributed by atoms with Crippen LogP contribution in [0, 0.1) is 0 Å². The van der Waals surface area contributed by atoms with E-state index in [1.165, 1.54) is 0 Å². The smallest absolute Gasteiger partial charge is 0.409 e. The van der Waals surface area contributed by atoms with Crippen LogP contribution in [0.2, 0.25) is 0 Å². The second kappa shape index (κ2) is 5.86. The summed E-state index contributed by atoms with van der Waals surface area (Å²) in [5, 5.41) is 3.00. The molecule has 4 heteroatoms. The fourth-order valence-corrected chi connectivity index (χ4v) is 0.779. The number of rotatable bonds is 4. The van der Waals surface area contributed by atoms with Gasteiger partial charge in [-0.05, 0) is 40.8 Å². The van der Waals surface area contributed by atoms with E-state index in [-0.39, 0.29) is 11.6 Å². The fraction of sp³-hybridized carbons (Fsp3) is 0.900. The van der Waals surface area contributed by atoms with Gasteiger partial charge in [-0.1, -0.05) is 0 Å². The van der Waals surface area contributed by atoms with Crippen LogP contribution in [0.5, 0.6) is 0 Å². The molecule has 0 heterocycles. The molecular weight excluding hydrogens is 180 g/mol. The summed E-state index contributed by atoms with van der Waals surface area (Å²) in [5.41, 5.74) is -0.180. The number of ether oxygens (including phenoxy) is 1. The van der Waals surface area contributed by atoms with Crippen molar-refractivity contribution in [3.05, 3.63) is 0 Å². The Morgan fingerprint density at radius 3 is 2.43 bits per heavy atom. The van der Waals surface area contributed by atoms with Crippen LogP contribution in [0.25, 0.3) is 0 Å². The average molecular weight is 202 g/mol. The molecule has 0 unspecified atom stereocenters. The number of hydrogen-bond acceptors (Lipinski definition) is 3. The first-order chi connectivity index (χ1) is 6.39. The third kappa shape index (κ3) is 5.07. The Morgan fingerprint density at radius 2 is 2.00 bits per heavy atom. The van der Waals surface area contributed by atoms with Crippen molar-refractivity contribution in [1.82, 2.24) is 10.2 Å². The van der Waals surface area contributed by atoms with E-state index in [0.717, 1.165) is 13.0 Å². The van der Waals surface area contributed by atoms with Gasteiger partial charge in [0.25, 0.3) is 0 Å². The van der Waals surface area contributed by atoms with Gasteiger partial charge in [-0.3, -0.25) is 0 Å². The SMILES string of the molecule is CNCCCOC(=O)N(C)C(C)(C)C. The number of amides is 1. The van der Waals surface area contributed by atoms with Gasteiger partial charge >= 0.3 is 6.09 Å². The second-order valence-electron chi connectivity index (χ2n) is 4.30. The Bertz CT molecular complexity index is 175. The highest BCUT2D eigenvalue weighted by molar-refractivity contribution is 5.68. The topological polar surface area (TPSA) is 41.6 Å². The summed E-state index contributed by atoms with van der Waals surface area (Å²) < 4.78 is 5.08. The highest BCUT2D eigenvalue weighted by Crippen LogP contribution is 2.11. The van der Waals surface area contributed by atoms with Crippen molar-refractivity contribution in [3.8, 4) is 0 Å². The molecule has 0 saturated carbocycles.